The molecule has 5 nitrogen and oxygen atoms in total. The molecule has 0 aromatic heterocycles. The number of hydrogen-bond acceptors (Lipinski definition) is 4. The standard InChI is InChI=1S/C25H24FNO4/c1-25(2,27-24(29)31-16-17-8-5-4-6-9-17)19-14-12-18(13-15-19)20-10-7-11-21(26)22(20)23(28)30-3/h4-15H,16H2,1-3H3,(H,27,29). The summed E-state index contributed by atoms with van der Waals surface area (Å²) in [5.74, 6) is -1.38. The highest BCUT2D eigenvalue weighted by molar-refractivity contribution is 5.97. The minimum absolute atomic E-state index is 0.111. The van der Waals surface area contributed by atoms with Gasteiger partial charge in [0, 0.05) is 0 Å². The van der Waals surface area contributed by atoms with Crippen LogP contribution in [-0.2, 0) is 21.6 Å². The second kappa shape index (κ2) is 9.43. The molecule has 31 heavy (non-hydrogen) atoms. The molecule has 1 N–H and O–H groups in total. The Morgan fingerprint density at radius 3 is 2.26 bits per heavy atom. The van der Waals surface area contributed by atoms with Gasteiger partial charge in [-0.3, -0.25) is 0 Å². The first-order valence-electron chi connectivity index (χ1n) is 9.78. The number of esters is 1. The third-order valence-electron chi connectivity index (χ3n) is 4.95. The van der Waals surface area contributed by atoms with Crippen LogP contribution in [0.4, 0.5) is 9.18 Å². The van der Waals surface area contributed by atoms with E-state index in [9.17, 15) is 14.0 Å². The van der Waals surface area contributed by atoms with Gasteiger partial charge in [-0.15, -0.1) is 0 Å². The van der Waals surface area contributed by atoms with E-state index in [-0.39, 0.29) is 12.2 Å². The van der Waals surface area contributed by atoms with Crippen molar-refractivity contribution >= 4 is 12.1 Å². The van der Waals surface area contributed by atoms with E-state index in [1.54, 1.807) is 24.3 Å². The lowest BCUT2D eigenvalue weighted by molar-refractivity contribution is 0.0596. The smallest absolute Gasteiger partial charge is 0.408 e. The number of rotatable bonds is 6. The van der Waals surface area contributed by atoms with Gasteiger partial charge in [-0.2, -0.15) is 0 Å². The van der Waals surface area contributed by atoms with Crippen molar-refractivity contribution in [2.45, 2.75) is 26.0 Å². The fourth-order valence-electron chi connectivity index (χ4n) is 3.23. The molecule has 0 bridgehead atoms. The molecular weight excluding hydrogens is 397 g/mol. The van der Waals surface area contributed by atoms with Crippen molar-refractivity contribution in [2.75, 3.05) is 7.11 Å². The average Bonchev–Trinajstić information content (AvgIpc) is 2.77. The Morgan fingerprint density at radius 1 is 0.935 bits per heavy atom. The van der Waals surface area contributed by atoms with E-state index in [1.807, 2.05) is 56.3 Å². The van der Waals surface area contributed by atoms with Crippen molar-refractivity contribution in [3.8, 4) is 11.1 Å². The highest BCUT2D eigenvalue weighted by Crippen LogP contribution is 2.29. The Balaban J connectivity index is 1.74. The predicted molar refractivity (Wildman–Crippen MR) is 116 cm³/mol. The summed E-state index contributed by atoms with van der Waals surface area (Å²) < 4.78 is 24.2. The number of methoxy groups -OCH3 is 1. The van der Waals surface area contributed by atoms with Crippen LogP contribution in [0.2, 0.25) is 0 Å². The van der Waals surface area contributed by atoms with E-state index in [1.165, 1.54) is 13.2 Å². The third-order valence-corrected chi connectivity index (χ3v) is 4.95. The first-order chi connectivity index (χ1) is 14.8. The molecule has 160 valence electrons. The van der Waals surface area contributed by atoms with E-state index < -0.39 is 23.4 Å². The summed E-state index contributed by atoms with van der Waals surface area (Å²) in [4.78, 5) is 24.3. The van der Waals surface area contributed by atoms with Crippen LogP contribution >= 0.6 is 0 Å². The Bertz CT molecular complexity index is 1060. The number of ether oxygens (including phenoxy) is 2. The summed E-state index contributed by atoms with van der Waals surface area (Å²) in [5, 5.41) is 2.85. The predicted octanol–water partition coefficient (Wildman–Crippen LogP) is 5.44. The Morgan fingerprint density at radius 2 is 1.61 bits per heavy atom. The van der Waals surface area contributed by atoms with Crippen molar-refractivity contribution in [3.63, 3.8) is 0 Å². The number of nitrogens with one attached hydrogen (secondary N) is 1. The molecule has 0 aliphatic heterocycles. The van der Waals surface area contributed by atoms with Crippen LogP contribution in [-0.4, -0.2) is 19.2 Å². The summed E-state index contributed by atoms with van der Waals surface area (Å²) in [6.45, 7) is 3.89. The fraction of sp³-hybridized carbons (Fsp3) is 0.200. The lowest BCUT2D eigenvalue weighted by Gasteiger charge is -2.26. The summed E-state index contributed by atoms with van der Waals surface area (Å²) in [5.41, 5.74) is 2.00. The maximum atomic E-state index is 14.2. The molecule has 0 unspecified atom stereocenters. The molecular formula is C25H24FNO4. The molecule has 0 heterocycles. The SMILES string of the molecule is COC(=O)c1c(F)cccc1-c1ccc(C(C)(C)NC(=O)OCc2ccccc2)cc1. The highest BCUT2D eigenvalue weighted by atomic mass is 19.1. The van der Waals surface area contributed by atoms with Crippen LogP contribution in [0.3, 0.4) is 0 Å². The number of hydrogen-bond donors (Lipinski definition) is 1. The van der Waals surface area contributed by atoms with Crippen LogP contribution < -0.4 is 5.32 Å². The zero-order valence-electron chi connectivity index (χ0n) is 17.6. The number of alkyl carbamates (subject to hydrolysis) is 1. The number of carbonyl (C=O) groups excluding carboxylic acids is 2. The second-order valence-corrected chi connectivity index (χ2v) is 7.54. The van der Waals surface area contributed by atoms with Gasteiger partial charge in [0.1, 0.15) is 18.0 Å². The van der Waals surface area contributed by atoms with Crippen LogP contribution in [0.1, 0.15) is 35.3 Å². The van der Waals surface area contributed by atoms with Crippen molar-refractivity contribution in [2.24, 2.45) is 0 Å². The number of halogens is 1. The largest absolute Gasteiger partial charge is 0.465 e. The molecule has 0 fully saturated rings. The maximum absolute atomic E-state index is 14.2. The van der Waals surface area contributed by atoms with Gasteiger partial charge in [0.2, 0.25) is 0 Å². The van der Waals surface area contributed by atoms with Crippen molar-refractivity contribution in [1.82, 2.24) is 5.32 Å². The molecule has 0 saturated heterocycles. The van der Waals surface area contributed by atoms with Gasteiger partial charge in [0.15, 0.2) is 0 Å². The van der Waals surface area contributed by atoms with E-state index in [0.29, 0.717) is 11.1 Å². The second-order valence-electron chi connectivity index (χ2n) is 7.54. The molecule has 0 radical (unpaired) electrons. The minimum atomic E-state index is -0.736. The number of benzene rings is 3. The lowest BCUT2D eigenvalue weighted by Crippen LogP contribution is -2.41. The Kier molecular flexibility index (Phi) is 6.70. The molecule has 0 aliphatic carbocycles. The molecule has 3 aromatic rings. The van der Waals surface area contributed by atoms with Crippen molar-refractivity contribution in [1.29, 1.82) is 0 Å². The molecule has 0 atom stereocenters. The van der Waals surface area contributed by atoms with Gasteiger partial charge in [0.25, 0.3) is 0 Å². The van der Waals surface area contributed by atoms with Gasteiger partial charge in [-0.25, -0.2) is 14.0 Å². The van der Waals surface area contributed by atoms with E-state index >= 15 is 0 Å². The summed E-state index contributed by atoms with van der Waals surface area (Å²) >= 11 is 0. The van der Waals surface area contributed by atoms with Crippen LogP contribution in [0.5, 0.6) is 0 Å². The van der Waals surface area contributed by atoms with Gasteiger partial charge in [0.05, 0.1) is 12.6 Å². The van der Waals surface area contributed by atoms with E-state index in [0.717, 1.165) is 11.1 Å². The van der Waals surface area contributed by atoms with Crippen LogP contribution in [0.25, 0.3) is 11.1 Å². The summed E-state index contributed by atoms with van der Waals surface area (Å²) in [6.07, 6.45) is -0.531. The first-order valence-corrected chi connectivity index (χ1v) is 9.78. The topological polar surface area (TPSA) is 64.6 Å². The van der Waals surface area contributed by atoms with Gasteiger partial charge < -0.3 is 14.8 Å². The summed E-state index contributed by atoms with van der Waals surface area (Å²) in [7, 11) is 1.21. The zero-order chi connectivity index (χ0) is 22.4. The quantitative estimate of drug-likeness (QED) is 0.538. The molecule has 0 aliphatic rings. The van der Waals surface area contributed by atoms with Crippen molar-refractivity contribution < 1.29 is 23.5 Å². The first kappa shape index (κ1) is 22.0. The Labute approximate surface area is 180 Å². The van der Waals surface area contributed by atoms with Gasteiger partial charge >= 0.3 is 12.1 Å². The monoisotopic (exact) mass is 421 g/mol. The maximum Gasteiger partial charge on any atom is 0.408 e. The minimum Gasteiger partial charge on any atom is -0.465 e. The molecule has 6 heteroatoms. The third kappa shape index (κ3) is 5.28. The van der Waals surface area contributed by atoms with E-state index in [4.69, 9.17) is 9.47 Å². The van der Waals surface area contributed by atoms with Crippen LogP contribution in [0.15, 0.2) is 72.8 Å². The molecule has 3 rings (SSSR count). The highest BCUT2D eigenvalue weighted by Gasteiger charge is 2.24. The zero-order valence-corrected chi connectivity index (χ0v) is 17.6. The summed E-state index contributed by atoms with van der Waals surface area (Å²) in [6, 6.07) is 21.0. The lowest BCUT2D eigenvalue weighted by atomic mass is 9.91. The average molecular weight is 421 g/mol. The molecule has 0 saturated carbocycles. The van der Waals surface area contributed by atoms with E-state index in [2.05, 4.69) is 5.32 Å². The normalized spacial score (nSPS) is 11.0. The van der Waals surface area contributed by atoms with Crippen molar-refractivity contribution in [3.05, 3.63) is 95.3 Å². The molecule has 3 aromatic carbocycles. The number of carbonyl (C=O) groups is 2. The van der Waals surface area contributed by atoms with Gasteiger partial charge in [-0.05, 0) is 42.2 Å². The Hall–Kier alpha value is -3.67. The van der Waals surface area contributed by atoms with Gasteiger partial charge in [-0.1, -0.05) is 66.7 Å². The van der Waals surface area contributed by atoms with Crippen LogP contribution in [0, 0.1) is 5.82 Å². The fourth-order valence-corrected chi connectivity index (χ4v) is 3.23. The number of amides is 1. The molecule has 1 amide bonds. The molecule has 0 spiro atoms.